The van der Waals surface area contributed by atoms with Gasteiger partial charge in [-0.05, 0) is 83.3 Å². The Morgan fingerprint density at radius 1 is 0.500 bits per heavy atom. The Bertz CT molecular complexity index is 1950. The Morgan fingerprint density at radius 2 is 0.750 bits per heavy atom. The standard InChI is InChI=1S/C30H18I2N4O16/c1-3-47-29(37)13-5-23-27(31)24(6-13)50-20-12-22(18(36(45)46)10-16(20)34(41)42)52-26-8-14(30(38)48-4-2)7-25(28(26)32)51-21-11-19(49-23)15(33(39)40)9-17(21)35(43)44/h5-12H,3-4H2,1-2H3. The highest BCUT2D eigenvalue weighted by Crippen LogP contribution is 2.49. The molecule has 22 heteroatoms. The molecule has 0 amide bonds. The van der Waals surface area contributed by atoms with Crippen molar-refractivity contribution in [2.24, 2.45) is 0 Å². The molecular formula is C30H18I2N4O16. The molecule has 0 saturated carbocycles. The van der Waals surface area contributed by atoms with Crippen LogP contribution >= 0.6 is 45.2 Å². The maximum atomic E-state index is 12.9. The lowest BCUT2D eigenvalue weighted by atomic mass is 10.1. The number of hydrogen-bond acceptors (Lipinski definition) is 16. The van der Waals surface area contributed by atoms with Gasteiger partial charge in [-0.3, -0.25) is 40.5 Å². The molecule has 4 aromatic carbocycles. The summed E-state index contributed by atoms with van der Waals surface area (Å²) in [6, 6.07) is 7.20. The largest absolute Gasteiger partial charge is 0.462 e. The van der Waals surface area contributed by atoms with Crippen LogP contribution in [0.15, 0.2) is 48.5 Å². The average molecular weight is 944 g/mol. The van der Waals surface area contributed by atoms with E-state index in [4.69, 9.17) is 28.4 Å². The van der Waals surface area contributed by atoms with Crippen LogP contribution in [0.5, 0.6) is 46.0 Å². The number of nitro groups is 4. The summed E-state index contributed by atoms with van der Waals surface area (Å²) in [5, 5.41) is 48.6. The molecule has 0 N–H and O–H groups in total. The highest BCUT2D eigenvalue weighted by atomic mass is 127. The molecule has 0 spiro atoms. The summed E-state index contributed by atoms with van der Waals surface area (Å²) < 4.78 is 33.6. The molecule has 1 aliphatic rings. The lowest BCUT2D eigenvalue weighted by Gasteiger charge is -2.18. The minimum Gasteiger partial charge on any atom is -0.462 e. The van der Waals surface area contributed by atoms with Crippen LogP contribution in [0.25, 0.3) is 0 Å². The fraction of sp³-hybridized carbons (Fsp3) is 0.133. The molecule has 0 atom stereocenters. The minimum absolute atomic E-state index is 0.0400. The molecule has 268 valence electrons. The molecule has 0 aliphatic carbocycles. The van der Waals surface area contributed by atoms with E-state index in [-0.39, 0.29) is 54.5 Å². The van der Waals surface area contributed by atoms with Crippen LogP contribution in [0.4, 0.5) is 22.7 Å². The second kappa shape index (κ2) is 15.1. The minimum atomic E-state index is -0.969. The van der Waals surface area contributed by atoms with E-state index in [0.29, 0.717) is 12.1 Å². The van der Waals surface area contributed by atoms with Crippen LogP contribution in [0.2, 0.25) is 0 Å². The predicted octanol–water partition coefficient (Wildman–Crippen LogP) is 8.36. The van der Waals surface area contributed by atoms with Gasteiger partial charge in [0.1, 0.15) is 35.1 Å². The fourth-order valence-corrected chi connectivity index (χ4v) is 5.62. The van der Waals surface area contributed by atoms with E-state index in [9.17, 15) is 50.0 Å². The SMILES string of the molecule is CCOC(=O)c1cc2c(I)c(c1)Oc1cc(c([N+](=O)[O-])cc1[N+](=O)[O-])Oc1cc(C(=O)OCC)cc(c1I)Oc1cc(c([N+](=O)[O-])cc1[N+](=O)[O-])O2. The van der Waals surface area contributed by atoms with Crippen LogP contribution in [0, 0.1) is 47.6 Å². The number of carbonyl (C=O) groups excluding carboxylic acids is 2. The number of nitro benzene ring substituents is 4. The first kappa shape index (κ1) is 37.3. The van der Waals surface area contributed by atoms with E-state index in [2.05, 4.69) is 0 Å². The molecule has 5 rings (SSSR count). The van der Waals surface area contributed by atoms with Gasteiger partial charge in [-0.2, -0.15) is 0 Å². The second-order valence-electron chi connectivity index (χ2n) is 10.0. The van der Waals surface area contributed by atoms with E-state index >= 15 is 0 Å². The lowest BCUT2D eigenvalue weighted by Crippen LogP contribution is -2.08. The van der Waals surface area contributed by atoms with Crippen LogP contribution in [-0.2, 0) is 9.47 Å². The van der Waals surface area contributed by atoms with Crippen molar-refractivity contribution in [3.63, 3.8) is 0 Å². The van der Waals surface area contributed by atoms with Gasteiger partial charge in [0.2, 0.25) is 23.0 Å². The molecule has 0 radical (unpaired) electrons. The van der Waals surface area contributed by atoms with Crippen molar-refractivity contribution in [2.75, 3.05) is 13.2 Å². The van der Waals surface area contributed by atoms with Crippen LogP contribution in [-0.4, -0.2) is 44.8 Å². The quantitative estimate of drug-likeness (QED) is 0.0612. The van der Waals surface area contributed by atoms with E-state index in [0.717, 1.165) is 36.4 Å². The molecule has 0 saturated heterocycles. The maximum Gasteiger partial charge on any atom is 0.338 e. The van der Waals surface area contributed by atoms with Gasteiger partial charge < -0.3 is 28.4 Å². The van der Waals surface area contributed by atoms with Crippen molar-refractivity contribution in [3.8, 4) is 46.0 Å². The van der Waals surface area contributed by atoms with Crippen molar-refractivity contribution in [3.05, 3.63) is 107 Å². The first-order valence-corrected chi connectivity index (χ1v) is 16.5. The topological polar surface area (TPSA) is 262 Å². The first-order valence-electron chi connectivity index (χ1n) is 14.3. The maximum absolute atomic E-state index is 12.9. The monoisotopic (exact) mass is 944 g/mol. The van der Waals surface area contributed by atoms with E-state index in [1.54, 1.807) is 45.2 Å². The van der Waals surface area contributed by atoms with Crippen LogP contribution in [0.3, 0.4) is 0 Å². The Labute approximate surface area is 316 Å². The zero-order valence-corrected chi connectivity index (χ0v) is 30.4. The highest BCUT2D eigenvalue weighted by molar-refractivity contribution is 14.1. The molecule has 20 nitrogen and oxygen atoms in total. The summed E-state index contributed by atoms with van der Waals surface area (Å²) in [5.41, 5.74) is -4.15. The molecule has 0 unspecified atom stereocenters. The third kappa shape index (κ3) is 7.55. The van der Waals surface area contributed by atoms with Gasteiger partial charge in [-0.1, -0.05) is 0 Å². The molecule has 0 aromatic heterocycles. The predicted molar refractivity (Wildman–Crippen MR) is 190 cm³/mol. The fourth-order valence-electron chi connectivity index (χ4n) is 4.56. The van der Waals surface area contributed by atoms with Gasteiger partial charge in [0.05, 0.1) is 51.2 Å². The zero-order chi connectivity index (χ0) is 38.0. The lowest BCUT2D eigenvalue weighted by molar-refractivity contribution is -0.395. The van der Waals surface area contributed by atoms with Crippen LogP contribution < -0.4 is 18.9 Å². The van der Waals surface area contributed by atoms with Crippen molar-refractivity contribution in [1.29, 1.82) is 0 Å². The highest BCUT2D eigenvalue weighted by Gasteiger charge is 2.33. The molecular weight excluding hydrogens is 926 g/mol. The normalized spacial score (nSPS) is 11.5. The molecule has 1 heterocycles. The average Bonchev–Trinajstić information content (AvgIpc) is 3.07. The van der Waals surface area contributed by atoms with Gasteiger partial charge in [0.25, 0.3) is 0 Å². The summed E-state index contributed by atoms with van der Waals surface area (Å²) in [7, 11) is 0. The summed E-state index contributed by atoms with van der Waals surface area (Å²) in [6.45, 7) is 2.85. The molecule has 0 fully saturated rings. The Kier molecular flexibility index (Phi) is 10.9. The van der Waals surface area contributed by atoms with Crippen molar-refractivity contribution < 1.29 is 57.7 Å². The Morgan fingerprint density at radius 3 is 0.962 bits per heavy atom. The van der Waals surface area contributed by atoms with Gasteiger partial charge in [-0.15, -0.1) is 0 Å². The van der Waals surface area contributed by atoms with Crippen molar-refractivity contribution >= 4 is 79.9 Å². The number of fused-ring (bicyclic) bond motifs is 8. The van der Waals surface area contributed by atoms with E-state index in [1.807, 2.05) is 0 Å². The molecule has 8 bridgehead atoms. The number of nitrogens with zero attached hydrogens (tertiary/aromatic N) is 4. The molecule has 52 heavy (non-hydrogen) atoms. The smallest absolute Gasteiger partial charge is 0.338 e. The number of carbonyl (C=O) groups is 2. The summed E-state index contributed by atoms with van der Waals surface area (Å²) >= 11 is 3.31. The zero-order valence-electron chi connectivity index (χ0n) is 26.1. The molecule has 1 aliphatic heterocycles. The number of hydrogen-bond donors (Lipinski definition) is 0. The van der Waals surface area contributed by atoms with Crippen LogP contribution in [0.1, 0.15) is 34.6 Å². The third-order valence-electron chi connectivity index (χ3n) is 6.78. The first-order chi connectivity index (χ1) is 24.6. The Hall–Kier alpha value is -5.92. The summed E-state index contributed by atoms with van der Waals surface area (Å²) in [4.78, 5) is 70.5. The van der Waals surface area contributed by atoms with Gasteiger partial charge in [0, 0.05) is 12.1 Å². The second-order valence-corrected chi connectivity index (χ2v) is 12.2. The Balaban J connectivity index is 1.91. The van der Waals surface area contributed by atoms with Crippen molar-refractivity contribution in [2.45, 2.75) is 13.8 Å². The van der Waals surface area contributed by atoms with Crippen molar-refractivity contribution in [1.82, 2.24) is 0 Å². The van der Waals surface area contributed by atoms with E-state index in [1.165, 1.54) is 13.8 Å². The number of rotatable bonds is 8. The summed E-state index contributed by atoms with van der Waals surface area (Å²) in [5.74, 6) is -5.65. The number of benzene rings is 4. The van der Waals surface area contributed by atoms with Gasteiger partial charge in [-0.25, -0.2) is 9.59 Å². The number of esters is 2. The van der Waals surface area contributed by atoms with Gasteiger partial charge >= 0.3 is 34.7 Å². The molecule has 4 aromatic rings. The number of ether oxygens (including phenoxy) is 6. The number of halogens is 2. The summed E-state index contributed by atoms with van der Waals surface area (Å²) in [6.07, 6.45) is 0. The van der Waals surface area contributed by atoms with E-state index < -0.39 is 77.4 Å². The third-order valence-corrected chi connectivity index (χ3v) is 8.91. The van der Waals surface area contributed by atoms with Gasteiger partial charge in [0.15, 0.2) is 0 Å².